The Morgan fingerprint density at radius 1 is 0.882 bits per heavy atom. The normalized spacial score (nSPS) is 21.7. The number of carbonyl (C=O) groups is 4. The number of carbonyl (C=O) groups excluding carboxylic acids is 4. The fourth-order valence-corrected chi connectivity index (χ4v) is 5.48. The molecule has 4 amide bonds. The summed E-state index contributed by atoms with van der Waals surface area (Å²) in [5.74, 6) is -1.42. The maximum Gasteiger partial charge on any atom is 0.262 e. The van der Waals surface area contributed by atoms with Crippen LogP contribution in [0.5, 0.6) is 0 Å². The second kappa shape index (κ2) is 9.12. The summed E-state index contributed by atoms with van der Waals surface area (Å²) in [6, 6.07) is 12.7. The fourth-order valence-electron chi connectivity index (χ4n) is 5.48. The molecule has 2 saturated heterocycles. The lowest BCUT2D eigenvalue weighted by Gasteiger charge is -2.33. The Balaban J connectivity index is 1.31. The van der Waals surface area contributed by atoms with Crippen LogP contribution in [0.3, 0.4) is 0 Å². The fraction of sp³-hybridized carbons (Fsp3) is 0.385. The van der Waals surface area contributed by atoms with Crippen molar-refractivity contribution in [2.45, 2.75) is 50.7 Å². The molecule has 176 valence electrons. The highest BCUT2D eigenvalue weighted by atomic mass is 16.2. The van der Waals surface area contributed by atoms with Crippen molar-refractivity contribution >= 4 is 23.6 Å². The second-order valence-corrected chi connectivity index (χ2v) is 9.24. The summed E-state index contributed by atoms with van der Waals surface area (Å²) in [5, 5.41) is 2.24. The Morgan fingerprint density at radius 2 is 1.62 bits per heavy atom. The summed E-state index contributed by atoms with van der Waals surface area (Å²) in [6.07, 6.45) is 2.27. The lowest BCUT2D eigenvalue weighted by Crippen LogP contribution is -2.54. The number of likely N-dealkylation sites (tertiary alicyclic amines) is 1. The molecule has 3 heterocycles. The van der Waals surface area contributed by atoms with Crippen LogP contribution in [0.15, 0.2) is 42.5 Å². The van der Waals surface area contributed by atoms with Gasteiger partial charge in [0, 0.05) is 19.5 Å². The molecule has 8 nitrogen and oxygen atoms in total. The first kappa shape index (κ1) is 22.4. The van der Waals surface area contributed by atoms with Crippen LogP contribution < -0.4 is 11.1 Å². The number of hydrogen-bond acceptors (Lipinski definition) is 6. The largest absolute Gasteiger partial charge is 0.326 e. The van der Waals surface area contributed by atoms with Gasteiger partial charge in [-0.15, -0.1) is 0 Å². The minimum absolute atomic E-state index is 0.110. The number of nitrogens with one attached hydrogen (secondary N) is 1. The zero-order chi connectivity index (χ0) is 23.8. The predicted octanol–water partition coefficient (Wildman–Crippen LogP) is 1.93. The summed E-state index contributed by atoms with van der Waals surface area (Å²) in [4.78, 5) is 53.6. The van der Waals surface area contributed by atoms with Crippen molar-refractivity contribution in [2.24, 2.45) is 5.73 Å². The molecule has 5 rings (SSSR count). The van der Waals surface area contributed by atoms with Crippen LogP contribution in [0.1, 0.15) is 69.0 Å². The number of fused-ring (bicyclic) bond motifs is 1. The quantitative estimate of drug-likeness (QED) is 0.660. The third-order valence-electron chi connectivity index (χ3n) is 7.25. The van der Waals surface area contributed by atoms with E-state index in [4.69, 9.17) is 5.73 Å². The van der Waals surface area contributed by atoms with Gasteiger partial charge in [0.1, 0.15) is 6.04 Å². The van der Waals surface area contributed by atoms with E-state index >= 15 is 0 Å². The molecule has 1 atom stereocenters. The van der Waals surface area contributed by atoms with Gasteiger partial charge >= 0.3 is 0 Å². The van der Waals surface area contributed by atoms with Crippen molar-refractivity contribution in [3.05, 3.63) is 70.3 Å². The minimum Gasteiger partial charge on any atom is -0.326 e. The lowest BCUT2D eigenvalue weighted by molar-refractivity contribution is -0.136. The van der Waals surface area contributed by atoms with Gasteiger partial charge in [-0.2, -0.15) is 0 Å². The maximum absolute atomic E-state index is 13.3. The number of nitrogens with zero attached hydrogens (tertiary/aromatic N) is 2. The SMILES string of the molecule is NCc1ccccc1C1CCN(Cc2cccc3c2C(=O)N(C2CCC(=O)NC2=O)C3=O)CC1. The monoisotopic (exact) mass is 460 g/mol. The number of benzene rings is 2. The number of amides is 4. The molecule has 1 unspecified atom stereocenters. The third-order valence-corrected chi connectivity index (χ3v) is 7.25. The van der Waals surface area contributed by atoms with E-state index in [9.17, 15) is 19.2 Å². The molecule has 3 aliphatic heterocycles. The maximum atomic E-state index is 13.3. The Morgan fingerprint density at radius 3 is 2.35 bits per heavy atom. The molecule has 3 N–H and O–H groups in total. The molecular weight excluding hydrogens is 432 g/mol. The van der Waals surface area contributed by atoms with E-state index in [0.29, 0.717) is 30.1 Å². The minimum atomic E-state index is -0.948. The van der Waals surface area contributed by atoms with Crippen LogP contribution >= 0.6 is 0 Å². The molecule has 2 aromatic carbocycles. The smallest absolute Gasteiger partial charge is 0.262 e. The van der Waals surface area contributed by atoms with E-state index in [-0.39, 0.29) is 18.7 Å². The van der Waals surface area contributed by atoms with Crippen LogP contribution in [0.25, 0.3) is 0 Å². The second-order valence-electron chi connectivity index (χ2n) is 9.24. The molecule has 0 bridgehead atoms. The summed E-state index contributed by atoms with van der Waals surface area (Å²) >= 11 is 0. The number of imide groups is 2. The molecule has 0 aliphatic carbocycles. The zero-order valence-corrected chi connectivity index (χ0v) is 19.0. The first-order valence-corrected chi connectivity index (χ1v) is 11.8. The predicted molar refractivity (Wildman–Crippen MR) is 125 cm³/mol. The number of piperidine rings is 2. The van der Waals surface area contributed by atoms with Crippen LogP contribution in [0, 0.1) is 0 Å². The van der Waals surface area contributed by atoms with Gasteiger partial charge in [0.2, 0.25) is 11.8 Å². The summed E-state index contributed by atoms with van der Waals surface area (Å²) in [6.45, 7) is 2.86. The lowest BCUT2D eigenvalue weighted by atomic mass is 9.86. The molecule has 0 spiro atoms. The topological polar surface area (TPSA) is 113 Å². The van der Waals surface area contributed by atoms with Crippen LogP contribution in [0.4, 0.5) is 0 Å². The van der Waals surface area contributed by atoms with E-state index < -0.39 is 23.8 Å². The summed E-state index contributed by atoms with van der Waals surface area (Å²) in [7, 11) is 0. The molecule has 2 aromatic rings. The average Bonchev–Trinajstić information content (AvgIpc) is 3.10. The Bertz CT molecular complexity index is 1170. The summed E-state index contributed by atoms with van der Waals surface area (Å²) in [5.41, 5.74) is 9.96. The van der Waals surface area contributed by atoms with E-state index in [1.54, 1.807) is 12.1 Å². The van der Waals surface area contributed by atoms with E-state index in [2.05, 4.69) is 28.4 Å². The number of hydrogen-bond donors (Lipinski definition) is 2. The molecule has 3 aliphatic rings. The Hall–Kier alpha value is -3.36. The number of nitrogens with two attached hydrogens (primary N) is 1. The summed E-state index contributed by atoms with van der Waals surface area (Å²) < 4.78 is 0. The molecule has 34 heavy (non-hydrogen) atoms. The zero-order valence-electron chi connectivity index (χ0n) is 19.0. The molecule has 8 heteroatoms. The molecule has 0 aromatic heterocycles. The van der Waals surface area contributed by atoms with E-state index in [0.717, 1.165) is 36.4 Å². The van der Waals surface area contributed by atoms with Crippen LogP contribution in [-0.4, -0.2) is 52.6 Å². The molecular formula is C26H28N4O4. The van der Waals surface area contributed by atoms with Gasteiger partial charge in [0.05, 0.1) is 11.1 Å². The average molecular weight is 461 g/mol. The molecule has 0 radical (unpaired) electrons. The van der Waals surface area contributed by atoms with Gasteiger partial charge in [-0.25, -0.2) is 0 Å². The Labute approximate surface area is 198 Å². The van der Waals surface area contributed by atoms with Crippen LogP contribution in [-0.2, 0) is 22.7 Å². The molecule has 0 saturated carbocycles. The first-order chi connectivity index (χ1) is 16.5. The van der Waals surface area contributed by atoms with Crippen molar-refractivity contribution in [1.82, 2.24) is 15.1 Å². The van der Waals surface area contributed by atoms with Crippen molar-refractivity contribution < 1.29 is 19.2 Å². The standard InChI is InChI=1S/C26H28N4O4/c27-14-17-4-1-2-6-19(17)16-10-12-29(13-11-16)15-18-5-3-7-20-23(18)26(34)30(25(20)33)21-8-9-22(31)28-24(21)32/h1-7,16,21H,8-15,27H2,(H,28,31,32). The highest BCUT2D eigenvalue weighted by molar-refractivity contribution is 6.24. The molecule has 2 fully saturated rings. The first-order valence-electron chi connectivity index (χ1n) is 11.8. The van der Waals surface area contributed by atoms with Gasteiger partial charge in [-0.05, 0) is 61.0 Å². The van der Waals surface area contributed by atoms with Gasteiger partial charge in [0.25, 0.3) is 11.8 Å². The van der Waals surface area contributed by atoms with Crippen molar-refractivity contribution in [2.75, 3.05) is 13.1 Å². The van der Waals surface area contributed by atoms with Crippen molar-refractivity contribution in [1.29, 1.82) is 0 Å². The third kappa shape index (κ3) is 3.93. The Kier molecular flexibility index (Phi) is 6.02. The number of rotatable bonds is 5. The van der Waals surface area contributed by atoms with Crippen LogP contribution in [0.2, 0.25) is 0 Å². The highest BCUT2D eigenvalue weighted by Crippen LogP contribution is 2.33. The van der Waals surface area contributed by atoms with E-state index in [1.165, 1.54) is 11.1 Å². The van der Waals surface area contributed by atoms with Crippen molar-refractivity contribution in [3.8, 4) is 0 Å². The van der Waals surface area contributed by atoms with Gasteiger partial charge in [0.15, 0.2) is 0 Å². The van der Waals surface area contributed by atoms with Crippen molar-refractivity contribution in [3.63, 3.8) is 0 Å². The van der Waals surface area contributed by atoms with Gasteiger partial charge < -0.3 is 5.73 Å². The van der Waals surface area contributed by atoms with Gasteiger partial charge in [-0.3, -0.25) is 34.3 Å². The van der Waals surface area contributed by atoms with Gasteiger partial charge in [-0.1, -0.05) is 36.4 Å². The van der Waals surface area contributed by atoms with E-state index in [1.807, 2.05) is 12.1 Å². The highest BCUT2D eigenvalue weighted by Gasteiger charge is 2.45.